The van der Waals surface area contributed by atoms with Gasteiger partial charge in [0.15, 0.2) is 11.2 Å². The average Bonchev–Trinajstić information content (AvgIpc) is 2.89. The molecule has 3 nitrogen and oxygen atoms in total. The minimum absolute atomic E-state index is 0. The lowest BCUT2D eigenvalue weighted by molar-refractivity contribution is -0.961. The summed E-state index contributed by atoms with van der Waals surface area (Å²) in [5.41, 5.74) is 0.732. The zero-order chi connectivity index (χ0) is 22.8. The van der Waals surface area contributed by atoms with Crippen LogP contribution in [-0.4, -0.2) is 41.9 Å². The number of fused-ring (bicyclic) bond motifs is 3. The van der Waals surface area contributed by atoms with E-state index in [0.717, 1.165) is 48.8 Å². The zero-order valence-electron chi connectivity index (χ0n) is 20.4. The van der Waals surface area contributed by atoms with Crippen LogP contribution in [-0.2, 0) is 16.9 Å². The van der Waals surface area contributed by atoms with E-state index in [4.69, 9.17) is 4.74 Å². The summed E-state index contributed by atoms with van der Waals surface area (Å²) in [6.45, 7) is 4.33. The molecule has 0 amide bonds. The summed E-state index contributed by atoms with van der Waals surface area (Å²) in [5, 5.41) is 12.1. The topological polar surface area (TPSA) is 29.5 Å². The lowest BCUT2D eigenvalue weighted by atomic mass is 9.71. The van der Waals surface area contributed by atoms with Crippen molar-refractivity contribution in [1.82, 2.24) is 0 Å². The molecular weight excluding hydrogens is 486 g/mol. The zero-order valence-corrected chi connectivity index (χ0v) is 22.0. The average molecular weight is 525 g/mol. The maximum atomic E-state index is 12.1. The summed E-state index contributed by atoms with van der Waals surface area (Å²) in [7, 11) is 1.83. The number of aliphatic hydroxyl groups is 1. The second-order valence-corrected chi connectivity index (χ2v) is 10.7. The van der Waals surface area contributed by atoms with Gasteiger partial charge in [-0.1, -0.05) is 91.8 Å². The molecule has 2 aromatic carbocycles. The fraction of sp³-hybridized carbons (Fsp3) is 0.533. The van der Waals surface area contributed by atoms with E-state index >= 15 is 0 Å². The molecule has 34 heavy (non-hydrogen) atoms. The molecular formula is C30H38BrNO2. The van der Waals surface area contributed by atoms with Crippen LogP contribution in [0.3, 0.4) is 0 Å². The highest BCUT2D eigenvalue weighted by Crippen LogP contribution is 2.44. The molecule has 4 heteroatoms. The molecule has 1 aliphatic carbocycles. The van der Waals surface area contributed by atoms with Crippen molar-refractivity contribution < 1.29 is 31.3 Å². The summed E-state index contributed by atoms with van der Waals surface area (Å²) in [6, 6.07) is 21.0. The van der Waals surface area contributed by atoms with Crippen molar-refractivity contribution in [3.8, 4) is 11.8 Å². The van der Waals surface area contributed by atoms with Crippen molar-refractivity contribution >= 4 is 0 Å². The monoisotopic (exact) mass is 523 g/mol. The van der Waals surface area contributed by atoms with Crippen LogP contribution in [0.5, 0.6) is 0 Å². The van der Waals surface area contributed by atoms with Gasteiger partial charge in [-0.3, -0.25) is 0 Å². The third kappa shape index (κ3) is 4.86. The minimum Gasteiger partial charge on any atom is -1.00 e. The Morgan fingerprint density at radius 1 is 0.941 bits per heavy atom. The van der Waals surface area contributed by atoms with E-state index in [9.17, 15) is 5.11 Å². The van der Waals surface area contributed by atoms with Crippen molar-refractivity contribution in [3.05, 3.63) is 71.8 Å². The van der Waals surface area contributed by atoms with Crippen LogP contribution in [0.15, 0.2) is 60.7 Å². The molecule has 1 N–H and O–H groups in total. The first-order valence-electron chi connectivity index (χ1n) is 12.8. The molecule has 3 heterocycles. The van der Waals surface area contributed by atoms with Crippen LogP contribution in [0.4, 0.5) is 0 Å². The number of quaternary nitrogens is 1. The Morgan fingerprint density at radius 3 is 2.18 bits per heavy atom. The highest BCUT2D eigenvalue weighted by Gasteiger charge is 2.55. The van der Waals surface area contributed by atoms with Crippen LogP contribution in [0.25, 0.3) is 0 Å². The van der Waals surface area contributed by atoms with Crippen molar-refractivity contribution in [1.29, 1.82) is 0 Å². The van der Waals surface area contributed by atoms with Crippen molar-refractivity contribution in [3.63, 3.8) is 0 Å². The first-order valence-corrected chi connectivity index (χ1v) is 12.8. The van der Waals surface area contributed by atoms with E-state index in [1.807, 2.05) is 37.4 Å². The van der Waals surface area contributed by atoms with E-state index in [0.29, 0.717) is 5.92 Å². The summed E-state index contributed by atoms with van der Waals surface area (Å²) < 4.78 is 7.33. The summed E-state index contributed by atoms with van der Waals surface area (Å²) >= 11 is 0. The predicted octanol–water partition coefficient (Wildman–Crippen LogP) is 2.29. The second kappa shape index (κ2) is 10.5. The van der Waals surface area contributed by atoms with E-state index < -0.39 is 11.2 Å². The Bertz CT molecular complexity index is 987. The highest BCUT2D eigenvalue weighted by atomic mass is 79.9. The summed E-state index contributed by atoms with van der Waals surface area (Å²) in [6.07, 6.45) is 7.98. The van der Waals surface area contributed by atoms with Crippen LogP contribution in [0, 0.1) is 23.7 Å². The van der Waals surface area contributed by atoms with Gasteiger partial charge in [0, 0.05) is 37.4 Å². The molecule has 3 saturated heterocycles. The van der Waals surface area contributed by atoms with Crippen molar-refractivity contribution in [2.75, 3.05) is 26.7 Å². The maximum Gasteiger partial charge on any atom is 0.179 e. The number of methoxy groups -OCH3 is 1. The number of piperidine rings is 3. The smallest absolute Gasteiger partial charge is 0.179 e. The highest BCUT2D eigenvalue weighted by molar-refractivity contribution is 5.36. The van der Waals surface area contributed by atoms with Gasteiger partial charge in [-0.15, -0.1) is 0 Å². The Morgan fingerprint density at radius 2 is 1.56 bits per heavy atom. The quantitative estimate of drug-likeness (QED) is 0.481. The predicted molar refractivity (Wildman–Crippen MR) is 132 cm³/mol. The normalized spacial score (nSPS) is 30.5. The van der Waals surface area contributed by atoms with E-state index in [1.54, 1.807) is 0 Å². The SMILES string of the molecule is COC1(C#CC(O)(c2ccccc2)C2CCCCC2)C[N+]2(Cc3ccccc3)CCC1CC2.[Br-]. The van der Waals surface area contributed by atoms with Gasteiger partial charge in [0.1, 0.15) is 13.1 Å². The van der Waals surface area contributed by atoms with Crippen molar-refractivity contribution in [2.45, 2.75) is 62.7 Å². The molecule has 182 valence electrons. The lowest BCUT2D eigenvalue weighted by Crippen LogP contribution is -3.00. The first kappa shape index (κ1) is 25.5. The molecule has 6 rings (SSSR count). The number of hydrogen-bond donors (Lipinski definition) is 1. The number of ether oxygens (including phenoxy) is 1. The van der Waals surface area contributed by atoms with Crippen LogP contribution in [0.2, 0.25) is 0 Å². The van der Waals surface area contributed by atoms with Gasteiger partial charge < -0.3 is 31.3 Å². The van der Waals surface area contributed by atoms with Gasteiger partial charge in [-0.2, -0.15) is 0 Å². The third-order valence-corrected chi connectivity index (χ3v) is 8.73. The molecule has 2 atom stereocenters. The van der Waals surface area contributed by atoms with Gasteiger partial charge in [-0.25, -0.2) is 0 Å². The fourth-order valence-electron chi connectivity index (χ4n) is 6.80. The number of nitrogens with zero attached hydrogens (tertiary/aromatic N) is 1. The lowest BCUT2D eigenvalue weighted by Gasteiger charge is -2.56. The van der Waals surface area contributed by atoms with E-state index in [2.05, 4.69) is 42.2 Å². The molecule has 2 unspecified atom stereocenters. The largest absolute Gasteiger partial charge is 1.00 e. The molecule has 4 fully saturated rings. The van der Waals surface area contributed by atoms with E-state index in [1.165, 1.54) is 37.9 Å². The van der Waals surface area contributed by atoms with Crippen molar-refractivity contribution in [2.24, 2.45) is 11.8 Å². The minimum atomic E-state index is -1.11. The number of benzene rings is 2. The molecule has 3 aliphatic heterocycles. The summed E-state index contributed by atoms with van der Waals surface area (Å²) in [5.74, 6) is 7.73. The molecule has 2 bridgehead atoms. The van der Waals surface area contributed by atoms with Gasteiger partial charge in [-0.05, 0) is 18.4 Å². The van der Waals surface area contributed by atoms with Gasteiger partial charge in [0.05, 0.1) is 13.1 Å². The second-order valence-electron chi connectivity index (χ2n) is 10.7. The number of hydrogen-bond acceptors (Lipinski definition) is 2. The Balaban J connectivity index is 0.00000274. The molecule has 1 saturated carbocycles. The van der Waals surface area contributed by atoms with Gasteiger partial charge >= 0.3 is 0 Å². The summed E-state index contributed by atoms with van der Waals surface area (Å²) in [4.78, 5) is 0. The number of rotatable bonds is 5. The Hall–Kier alpha value is -1.64. The third-order valence-electron chi connectivity index (χ3n) is 8.73. The van der Waals surface area contributed by atoms with Crippen LogP contribution < -0.4 is 17.0 Å². The van der Waals surface area contributed by atoms with Crippen LogP contribution >= 0.6 is 0 Å². The van der Waals surface area contributed by atoms with Crippen LogP contribution in [0.1, 0.15) is 56.1 Å². The number of halogens is 1. The molecule has 0 aromatic heterocycles. The van der Waals surface area contributed by atoms with E-state index in [-0.39, 0.29) is 22.9 Å². The molecule has 2 aromatic rings. The Kier molecular flexibility index (Phi) is 7.89. The molecule has 0 spiro atoms. The van der Waals surface area contributed by atoms with Gasteiger partial charge in [0.25, 0.3) is 0 Å². The molecule has 0 radical (unpaired) electrons. The standard InChI is InChI=1S/C30H38NO2.BrH/c1-33-29(24-31(21-17-26(29)18-22-31)23-25-11-5-2-6-12-25)19-20-30(32,27-13-7-3-8-14-27)28-15-9-4-10-16-28;/h2-3,5-8,11-14,26,28,32H,4,9-10,15-18,21-24H2,1H3;1H/q+1;/p-1. The van der Waals surface area contributed by atoms with Gasteiger partial charge in [0.2, 0.25) is 0 Å². The molecule has 4 aliphatic rings. The fourth-order valence-corrected chi connectivity index (χ4v) is 6.80. The first-order chi connectivity index (χ1) is 16.1. The Labute approximate surface area is 215 Å². The maximum absolute atomic E-state index is 12.1.